The van der Waals surface area contributed by atoms with Crippen LogP contribution in [-0.4, -0.2) is 12.5 Å². The number of carbonyl (C=O) groups excluding carboxylic acids is 1. The Kier molecular flexibility index (Phi) is 4.37. The minimum atomic E-state index is 0.0625. The van der Waals surface area contributed by atoms with Gasteiger partial charge in [0.1, 0.15) is 0 Å². The summed E-state index contributed by atoms with van der Waals surface area (Å²) in [6, 6.07) is 2.14. The number of carbonyl (C=O) groups is 1. The predicted molar refractivity (Wildman–Crippen MR) is 73.2 cm³/mol. The van der Waals surface area contributed by atoms with Gasteiger partial charge in [0.25, 0.3) is 0 Å². The summed E-state index contributed by atoms with van der Waals surface area (Å²) in [5.41, 5.74) is 2.51. The van der Waals surface area contributed by atoms with Crippen molar-refractivity contribution >= 4 is 22.8 Å². The van der Waals surface area contributed by atoms with E-state index in [0.717, 1.165) is 25.8 Å². The molecule has 0 saturated heterocycles. The molecule has 2 rings (SSSR count). The molecule has 0 bridgehead atoms. The summed E-state index contributed by atoms with van der Waals surface area (Å²) in [6.45, 7) is 2.92. The van der Waals surface area contributed by atoms with Crippen molar-refractivity contribution in [2.24, 2.45) is 0 Å². The molecule has 0 aliphatic heterocycles. The highest BCUT2D eigenvalue weighted by Crippen LogP contribution is 2.33. The first kappa shape index (κ1) is 12.4. The van der Waals surface area contributed by atoms with E-state index in [1.54, 1.807) is 17.4 Å². The van der Waals surface area contributed by atoms with Crippen LogP contribution in [0.4, 0.5) is 0 Å². The highest BCUT2D eigenvalue weighted by molar-refractivity contribution is 7.10. The molecule has 1 aliphatic rings. The summed E-state index contributed by atoms with van der Waals surface area (Å²) in [4.78, 5) is 13.2. The Balaban J connectivity index is 2.01. The first-order valence-electron chi connectivity index (χ1n) is 6.36. The van der Waals surface area contributed by atoms with Crippen molar-refractivity contribution in [2.45, 2.75) is 39.0 Å². The lowest BCUT2D eigenvalue weighted by molar-refractivity contribution is -0.116. The van der Waals surface area contributed by atoms with Gasteiger partial charge in [-0.25, -0.2) is 0 Å². The second-order valence-electron chi connectivity index (χ2n) is 4.43. The highest BCUT2D eigenvalue weighted by Gasteiger charge is 2.15. The third kappa shape index (κ3) is 3.19. The van der Waals surface area contributed by atoms with Crippen LogP contribution in [0.2, 0.25) is 0 Å². The van der Waals surface area contributed by atoms with Gasteiger partial charge in [0.05, 0.1) is 0 Å². The van der Waals surface area contributed by atoms with Gasteiger partial charge in [0.2, 0.25) is 5.91 Å². The van der Waals surface area contributed by atoms with E-state index in [-0.39, 0.29) is 5.91 Å². The number of hydrogen-bond donors (Lipinski definition) is 1. The highest BCUT2D eigenvalue weighted by atomic mass is 32.1. The van der Waals surface area contributed by atoms with Crippen LogP contribution in [-0.2, 0) is 11.2 Å². The number of allylic oxidation sites excluding steroid dienone is 1. The largest absolute Gasteiger partial charge is 0.353 e. The lowest BCUT2D eigenvalue weighted by atomic mass is 9.93. The Morgan fingerprint density at radius 1 is 1.53 bits per heavy atom. The molecule has 1 aromatic rings. The van der Waals surface area contributed by atoms with E-state index in [4.69, 9.17) is 0 Å². The molecule has 0 fully saturated rings. The maximum atomic E-state index is 11.7. The van der Waals surface area contributed by atoms with Crippen LogP contribution in [0.15, 0.2) is 17.5 Å². The van der Waals surface area contributed by atoms with Crippen LogP contribution < -0.4 is 5.32 Å². The molecule has 0 unspecified atom stereocenters. The number of unbranched alkanes of at least 4 members (excludes halogenated alkanes) is 1. The molecule has 1 aliphatic carbocycles. The standard InChI is InChI=1S/C14H19NOS/c1-2-3-8-15-14(16)10-11-5-4-6-13-12(11)7-9-17-13/h7,9-10H,2-6,8H2,1H3,(H,15,16)/b11-10-. The Bertz CT molecular complexity index is 420. The monoisotopic (exact) mass is 249 g/mol. The number of aryl methyl sites for hydroxylation is 1. The number of amides is 1. The number of fused-ring (bicyclic) bond motifs is 1. The van der Waals surface area contributed by atoms with Gasteiger partial charge in [-0.3, -0.25) is 4.79 Å². The van der Waals surface area contributed by atoms with Gasteiger partial charge >= 0.3 is 0 Å². The molecule has 0 saturated carbocycles. The molecule has 92 valence electrons. The van der Waals surface area contributed by atoms with Gasteiger partial charge in [-0.2, -0.15) is 0 Å². The molecule has 0 atom stereocenters. The molecule has 1 aromatic heterocycles. The predicted octanol–water partition coefficient (Wildman–Crippen LogP) is 3.38. The smallest absolute Gasteiger partial charge is 0.244 e. The van der Waals surface area contributed by atoms with Gasteiger partial charge in [0.15, 0.2) is 0 Å². The fourth-order valence-corrected chi connectivity index (χ4v) is 3.10. The second kappa shape index (κ2) is 6.01. The molecular formula is C14H19NOS. The zero-order valence-electron chi connectivity index (χ0n) is 10.3. The number of hydrogen-bond acceptors (Lipinski definition) is 2. The average Bonchev–Trinajstić information content (AvgIpc) is 2.78. The van der Waals surface area contributed by atoms with E-state index in [0.29, 0.717) is 0 Å². The van der Waals surface area contributed by atoms with Gasteiger partial charge in [-0.15, -0.1) is 11.3 Å². The third-order valence-corrected chi connectivity index (χ3v) is 4.06. The maximum Gasteiger partial charge on any atom is 0.244 e. The van der Waals surface area contributed by atoms with Crippen molar-refractivity contribution in [3.8, 4) is 0 Å². The lowest BCUT2D eigenvalue weighted by Crippen LogP contribution is -2.22. The van der Waals surface area contributed by atoms with Crippen molar-refractivity contribution < 1.29 is 4.79 Å². The normalized spacial score (nSPS) is 16.9. The molecule has 1 N–H and O–H groups in total. The molecule has 3 heteroatoms. The van der Waals surface area contributed by atoms with Crippen LogP contribution >= 0.6 is 11.3 Å². The molecule has 1 heterocycles. The summed E-state index contributed by atoms with van der Waals surface area (Å²) in [5, 5.41) is 5.07. The molecule has 0 spiro atoms. The fraction of sp³-hybridized carbons (Fsp3) is 0.500. The van der Waals surface area contributed by atoms with Gasteiger partial charge in [0, 0.05) is 17.5 Å². The topological polar surface area (TPSA) is 29.1 Å². The zero-order chi connectivity index (χ0) is 12.1. The van der Waals surface area contributed by atoms with Crippen LogP contribution in [0.1, 0.15) is 43.0 Å². The van der Waals surface area contributed by atoms with Crippen LogP contribution in [0.25, 0.3) is 5.57 Å². The van der Waals surface area contributed by atoms with E-state index in [2.05, 4.69) is 23.7 Å². The third-order valence-electron chi connectivity index (χ3n) is 3.08. The molecule has 0 aromatic carbocycles. The summed E-state index contributed by atoms with van der Waals surface area (Å²) in [7, 11) is 0. The van der Waals surface area contributed by atoms with E-state index < -0.39 is 0 Å². The van der Waals surface area contributed by atoms with Crippen LogP contribution in [0.3, 0.4) is 0 Å². The van der Waals surface area contributed by atoms with E-state index in [1.165, 1.54) is 28.9 Å². The van der Waals surface area contributed by atoms with Crippen molar-refractivity contribution in [1.82, 2.24) is 5.32 Å². The summed E-state index contributed by atoms with van der Waals surface area (Å²) in [5.74, 6) is 0.0625. The van der Waals surface area contributed by atoms with Crippen molar-refractivity contribution in [3.05, 3.63) is 28.0 Å². The Morgan fingerprint density at radius 3 is 3.24 bits per heavy atom. The first-order chi connectivity index (χ1) is 8.31. The van der Waals surface area contributed by atoms with Gasteiger partial charge < -0.3 is 5.32 Å². The van der Waals surface area contributed by atoms with Gasteiger partial charge in [-0.1, -0.05) is 13.3 Å². The van der Waals surface area contributed by atoms with Crippen molar-refractivity contribution in [3.63, 3.8) is 0 Å². The van der Waals surface area contributed by atoms with Crippen LogP contribution in [0, 0.1) is 0 Å². The average molecular weight is 249 g/mol. The van der Waals surface area contributed by atoms with Crippen molar-refractivity contribution in [1.29, 1.82) is 0 Å². The quantitative estimate of drug-likeness (QED) is 0.643. The Morgan fingerprint density at radius 2 is 2.41 bits per heavy atom. The van der Waals surface area contributed by atoms with Crippen LogP contribution in [0.5, 0.6) is 0 Å². The summed E-state index contributed by atoms with van der Waals surface area (Å²) in [6.07, 6.45) is 7.33. The fourth-order valence-electron chi connectivity index (χ4n) is 2.14. The number of nitrogens with one attached hydrogen (secondary N) is 1. The minimum Gasteiger partial charge on any atom is -0.353 e. The summed E-state index contributed by atoms with van der Waals surface area (Å²) >= 11 is 1.81. The van der Waals surface area contributed by atoms with E-state index in [9.17, 15) is 4.79 Å². The molecule has 1 amide bonds. The summed E-state index contributed by atoms with van der Waals surface area (Å²) < 4.78 is 0. The van der Waals surface area contributed by atoms with Gasteiger partial charge in [-0.05, 0) is 48.3 Å². The molecular weight excluding hydrogens is 230 g/mol. The van der Waals surface area contributed by atoms with E-state index >= 15 is 0 Å². The minimum absolute atomic E-state index is 0.0625. The molecule has 17 heavy (non-hydrogen) atoms. The number of rotatable bonds is 4. The number of thiophene rings is 1. The van der Waals surface area contributed by atoms with E-state index in [1.807, 2.05) is 0 Å². The first-order valence-corrected chi connectivity index (χ1v) is 7.24. The Hall–Kier alpha value is -1.09. The van der Waals surface area contributed by atoms with Crippen molar-refractivity contribution in [2.75, 3.05) is 6.54 Å². The zero-order valence-corrected chi connectivity index (χ0v) is 11.1. The SMILES string of the molecule is CCCCNC(=O)/C=C1/CCCc2sccc21. The lowest BCUT2D eigenvalue weighted by Gasteiger charge is -2.14. The second-order valence-corrected chi connectivity index (χ2v) is 5.43. The Labute approximate surface area is 107 Å². The molecule has 0 radical (unpaired) electrons. The maximum absolute atomic E-state index is 11.7. The molecule has 2 nitrogen and oxygen atoms in total.